The lowest BCUT2D eigenvalue weighted by Gasteiger charge is -2.12. The average molecular weight is 302 g/mol. The standard InChI is InChI=1S/C11H16BrN3S/c1-7(2)5-14-11(16)15-10-9(12)4-8(3)6-13-10/h4,6-7H,5H2,1-3H3,(H2,13,14,15,16). The summed E-state index contributed by atoms with van der Waals surface area (Å²) in [4.78, 5) is 4.26. The average Bonchev–Trinajstić information content (AvgIpc) is 2.19. The molecule has 0 aliphatic heterocycles. The molecule has 0 aliphatic carbocycles. The number of rotatable bonds is 3. The minimum Gasteiger partial charge on any atom is -0.362 e. The van der Waals surface area contributed by atoms with Gasteiger partial charge in [-0.1, -0.05) is 13.8 Å². The van der Waals surface area contributed by atoms with Crippen LogP contribution in [-0.4, -0.2) is 16.6 Å². The fraction of sp³-hybridized carbons (Fsp3) is 0.455. The van der Waals surface area contributed by atoms with E-state index < -0.39 is 0 Å². The number of nitrogens with one attached hydrogen (secondary N) is 2. The summed E-state index contributed by atoms with van der Waals surface area (Å²) in [7, 11) is 0. The number of thiocarbonyl (C=S) groups is 1. The van der Waals surface area contributed by atoms with Crippen molar-refractivity contribution in [2.24, 2.45) is 5.92 Å². The lowest BCUT2D eigenvalue weighted by atomic mass is 10.2. The van der Waals surface area contributed by atoms with Crippen LogP contribution in [0.15, 0.2) is 16.7 Å². The first-order chi connectivity index (χ1) is 7.49. The van der Waals surface area contributed by atoms with E-state index in [1.807, 2.05) is 13.0 Å². The molecule has 88 valence electrons. The maximum atomic E-state index is 5.16. The molecule has 0 amide bonds. The van der Waals surface area contributed by atoms with Crippen molar-refractivity contribution >= 4 is 39.1 Å². The van der Waals surface area contributed by atoms with Gasteiger partial charge in [-0.25, -0.2) is 4.98 Å². The predicted molar refractivity (Wildman–Crippen MR) is 75.7 cm³/mol. The molecule has 0 spiro atoms. The molecule has 0 aromatic carbocycles. The smallest absolute Gasteiger partial charge is 0.171 e. The molecule has 0 bridgehead atoms. The summed E-state index contributed by atoms with van der Waals surface area (Å²) < 4.78 is 0.918. The maximum Gasteiger partial charge on any atom is 0.171 e. The summed E-state index contributed by atoms with van der Waals surface area (Å²) in [5.41, 5.74) is 1.11. The van der Waals surface area contributed by atoms with Crippen molar-refractivity contribution in [3.8, 4) is 0 Å². The van der Waals surface area contributed by atoms with E-state index in [-0.39, 0.29) is 0 Å². The first-order valence-electron chi connectivity index (χ1n) is 5.16. The van der Waals surface area contributed by atoms with E-state index in [4.69, 9.17) is 12.2 Å². The second kappa shape index (κ2) is 6.15. The van der Waals surface area contributed by atoms with Crippen molar-refractivity contribution in [3.05, 3.63) is 22.3 Å². The highest BCUT2D eigenvalue weighted by Gasteiger charge is 2.04. The van der Waals surface area contributed by atoms with Crippen molar-refractivity contribution in [2.75, 3.05) is 11.9 Å². The van der Waals surface area contributed by atoms with Crippen LogP contribution in [0.1, 0.15) is 19.4 Å². The number of aryl methyl sites for hydroxylation is 1. The molecule has 0 unspecified atom stereocenters. The molecule has 0 saturated carbocycles. The first-order valence-corrected chi connectivity index (χ1v) is 6.36. The Kier molecular flexibility index (Phi) is 5.15. The highest BCUT2D eigenvalue weighted by atomic mass is 79.9. The van der Waals surface area contributed by atoms with Crippen LogP contribution in [0.5, 0.6) is 0 Å². The minimum atomic E-state index is 0.564. The highest BCUT2D eigenvalue weighted by molar-refractivity contribution is 9.10. The number of nitrogens with zero attached hydrogens (tertiary/aromatic N) is 1. The molecular formula is C11H16BrN3S. The highest BCUT2D eigenvalue weighted by Crippen LogP contribution is 2.20. The van der Waals surface area contributed by atoms with Crippen LogP contribution in [0.4, 0.5) is 5.82 Å². The second-order valence-corrected chi connectivity index (χ2v) is 5.33. The van der Waals surface area contributed by atoms with Gasteiger partial charge in [-0.2, -0.15) is 0 Å². The van der Waals surface area contributed by atoms with Crippen LogP contribution < -0.4 is 10.6 Å². The minimum absolute atomic E-state index is 0.564. The first kappa shape index (κ1) is 13.4. The Labute approximate surface area is 110 Å². The van der Waals surface area contributed by atoms with E-state index in [9.17, 15) is 0 Å². The maximum absolute atomic E-state index is 5.16. The molecule has 3 nitrogen and oxygen atoms in total. The lowest BCUT2D eigenvalue weighted by molar-refractivity contribution is 0.627. The number of halogens is 1. The zero-order valence-electron chi connectivity index (χ0n) is 9.67. The van der Waals surface area contributed by atoms with Crippen molar-refractivity contribution in [1.82, 2.24) is 10.3 Å². The number of pyridine rings is 1. The monoisotopic (exact) mass is 301 g/mol. The number of aromatic nitrogens is 1. The summed E-state index contributed by atoms with van der Waals surface area (Å²) in [6, 6.07) is 2.00. The topological polar surface area (TPSA) is 37.0 Å². The second-order valence-electron chi connectivity index (χ2n) is 4.07. The molecule has 0 atom stereocenters. The molecule has 2 N–H and O–H groups in total. The molecule has 1 heterocycles. The summed E-state index contributed by atoms with van der Waals surface area (Å²) in [6.07, 6.45) is 1.80. The molecule has 16 heavy (non-hydrogen) atoms. The van der Waals surface area contributed by atoms with Gasteiger partial charge in [0.25, 0.3) is 0 Å². The van der Waals surface area contributed by atoms with Crippen molar-refractivity contribution in [3.63, 3.8) is 0 Å². The normalized spacial score (nSPS) is 10.3. The van der Waals surface area contributed by atoms with E-state index in [1.165, 1.54) is 0 Å². The Bertz CT molecular complexity index is 379. The Hall–Kier alpha value is -0.680. The summed E-state index contributed by atoms with van der Waals surface area (Å²) in [6.45, 7) is 7.12. The van der Waals surface area contributed by atoms with Crippen LogP contribution >= 0.6 is 28.1 Å². The molecule has 0 saturated heterocycles. The van der Waals surface area contributed by atoms with Gasteiger partial charge in [0.2, 0.25) is 0 Å². The van der Waals surface area contributed by atoms with Crippen LogP contribution in [0, 0.1) is 12.8 Å². The van der Waals surface area contributed by atoms with E-state index >= 15 is 0 Å². The Morgan fingerprint density at radius 1 is 1.56 bits per heavy atom. The van der Waals surface area contributed by atoms with Gasteiger partial charge in [0.1, 0.15) is 5.82 Å². The Balaban J connectivity index is 2.56. The SMILES string of the molecule is Cc1cnc(NC(=S)NCC(C)C)c(Br)c1. The fourth-order valence-electron chi connectivity index (χ4n) is 1.07. The number of anilines is 1. The van der Waals surface area contributed by atoms with Gasteiger partial charge in [-0.05, 0) is 52.6 Å². The van der Waals surface area contributed by atoms with E-state index in [2.05, 4.69) is 45.4 Å². The van der Waals surface area contributed by atoms with Crippen LogP contribution in [-0.2, 0) is 0 Å². The Morgan fingerprint density at radius 2 is 2.25 bits per heavy atom. The third kappa shape index (κ3) is 4.45. The third-order valence-electron chi connectivity index (χ3n) is 1.88. The summed E-state index contributed by atoms with van der Waals surface area (Å²) >= 11 is 8.61. The molecule has 0 radical (unpaired) electrons. The van der Waals surface area contributed by atoms with Crippen LogP contribution in [0.3, 0.4) is 0 Å². The molecule has 1 aromatic rings. The van der Waals surface area contributed by atoms with Gasteiger partial charge >= 0.3 is 0 Å². The van der Waals surface area contributed by atoms with Gasteiger partial charge in [-0.15, -0.1) is 0 Å². The van der Waals surface area contributed by atoms with Crippen molar-refractivity contribution in [2.45, 2.75) is 20.8 Å². The summed E-state index contributed by atoms with van der Waals surface area (Å²) in [5, 5.41) is 6.79. The molecule has 0 fully saturated rings. The third-order valence-corrected chi connectivity index (χ3v) is 2.73. The van der Waals surface area contributed by atoms with Crippen molar-refractivity contribution in [1.29, 1.82) is 0 Å². The molecular weight excluding hydrogens is 286 g/mol. The molecule has 0 aliphatic rings. The van der Waals surface area contributed by atoms with Gasteiger partial charge < -0.3 is 10.6 Å². The van der Waals surface area contributed by atoms with Gasteiger partial charge in [-0.3, -0.25) is 0 Å². The largest absolute Gasteiger partial charge is 0.362 e. The zero-order chi connectivity index (χ0) is 12.1. The number of hydrogen-bond donors (Lipinski definition) is 2. The molecule has 1 rings (SSSR count). The molecule has 1 aromatic heterocycles. The predicted octanol–water partition coefficient (Wildman–Crippen LogP) is 3.09. The van der Waals surface area contributed by atoms with E-state index in [0.717, 1.165) is 22.4 Å². The summed E-state index contributed by atoms with van der Waals surface area (Å²) in [5.74, 6) is 1.31. The van der Waals surface area contributed by atoms with Gasteiger partial charge in [0.05, 0.1) is 4.47 Å². The fourth-order valence-corrected chi connectivity index (χ4v) is 1.82. The Morgan fingerprint density at radius 3 is 2.81 bits per heavy atom. The van der Waals surface area contributed by atoms with Crippen molar-refractivity contribution < 1.29 is 0 Å². The van der Waals surface area contributed by atoms with Crippen LogP contribution in [0.25, 0.3) is 0 Å². The van der Waals surface area contributed by atoms with E-state index in [1.54, 1.807) is 6.20 Å². The zero-order valence-corrected chi connectivity index (χ0v) is 12.1. The van der Waals surface area contributed by atoms with Gasteiger partial charge in [0.15, 0.2) is 5.11 Å². The lowest BCUT2D eigenvalue weighted by Crippen LogP contribution is -2.31. The van der Waals surface area contributed by atoms with E-state index in [0.29, 0.717) is 11.0 Å². The number of hydrogen-bond acceptors (Lipinski definition) is 2. The molecule has 5 heteroatoms. The van der Waals surface area contributed by atoms with Crippen LogP contribution in [0.2, 0.25) is 0 Å². The quantitative estimate of drug-likeness (QED) is 0.841. The van der Waals surface area contributed by atoms with Gasteiger partial charge in [0, 0.05) is 12.7 Å².